The summed E-state index contributed by atoms with van der Waals surface area (Å²) in [5, 5.41) is 2.64. The normalized spacial score (nSPS) is 19.8. The van der Waals surface area contributed by atoms with E-state index in [1.807, 2.05) is 0 Å². The molecule has 0 radical (unpaired) electrons. The molecule has 2 atom stereocenters. The molecule has 2 aromatic carbocycles. The summed E-state index contributed by atoms with van der Waals surface area (Å²) in [7, 11) is 2.84. The molecule has 31 heavy (non-hydrogen) atoms. The first-order valence-corrected chi connectivity index (χ1v) is 9.69. The van der Waals surface area contributed by atoms with Gasteiger partial charge in [-0.1, -0.05) is 6.07 Å². The summed E-state index contributed by atoms with van der Waals surface area (Å²) in [5.74, 6) is -1.38. The van der Waals surface area contributed by atoms with Crippen LogP contribution in [0.15, 0.2) is 30.3 Å². The molecule has 2 aromatic rings. The first-order chi connectivity index (χ1) is 14.8. The molecule has 162 valence electrons. The number of hydrogen-bond donors (Lipinski definition) is 1. The summed E-state index contributed by atoms with van der Waals surface area (Å²) in [6, 6.07) is 6.70. The van der Waals surface area contributed by atoms with Crippen molar-refractivity contribution in [3.8, 4) is 11.5 Å². The van der Waals surface area contributed by atoms with Crippen LogP contribution >= 0.6 is 0 Å². The Hall–Kier alpha value is -3.62. The molecular formula is C22H21FN2O6. The van der Waals surface area contributed by atoms with Crippen molar-refractivity contribution in [3.63, 3.8) is 0 Å². The maximum atomic E-state index is 13.8. The number of halogens is 1. The van der Waals surface area contributed by atoms with Crippen molar-refractivity contribution in [2.75, 3.05) is 19.5 Å². The highest BCUT2D eigenvalue weighted by Crippen LogP contribution is 2.45. The number of hydrogen-bond acceptors (Lipinski definition) is 6. The minimum atomic E-state index is -1.07. The monoisotopic (exact) mass is 428 g/mol. The molecule has 1 N–H and O–H groups in total. The predicted octanol–water partition coefficient (Wildman–Crippen LogP) is 2.95. The zero-order valence-electron chi connectivity index (χ0n) is 17.2. The van der Waals surface area contributed by atoms with Gasteiger partial charge in [0.25, 0.3) is 0 Å². The van der Waals surface area contributed by atoms with E-state index in [9.17, 15) is 18.8 Å². The fraction of sp³-hybridized carbons (Fsp3) is 0.318. The van der Waals surface area contributed by atoms with E-state index in [4.69, 9.17) is 14.2 Å². The van der Waals surface area contributed by atoms with Crippen LogP contribution < -0.4 is 14.8 Å². The zero-order chi connectivity index (χ0) is 22.3. The molecule has 9 heteroatoms. The Morgan fingerprint density at radius 3 is 2.65 bits per heavy atom. The summed E-state index contributed by atoms with van der Waals surface area (Å²) in [6.07, 6.45) is -0.699. The summed E-state index contributed by atoms with van der Waals surface area (Å²) in [5.41, 5.74) is 1.31. The standard InChI is InChI=1S/C22H21FN2O6/c1-11-4-5-12(10-14(11)23)24-20(27)15-7-9-17(26)25(15)21-13-6-8-16(29-2)19(30-3)18(13)22(28)31-21/h4-6,8,10,15,21H,7,9H2,1-3H3,(H,24,27)/t15-,21+/m1/s1. The predicted molar refractivity (Wildman–Crippen MR) is 107 cm³/mol. The van der Waals surface area contributed by atoms with Crippen LogP contribution in [0, 0.1) is 12.7 Å². The minimum absolute atomic E-state index is 0.122. The smallest absolute Gasteiger partial charge is 0.344 e. The third kappa shape index (κ3) is 3.45. The maximum Gasteiger partial charge on any atom is 0.344 e. The Kier molecular flexibility index (Phi) is 5.26. The Bertz CT molecular complexity index is 1090. The fourth-order valence-corrected chi connectivity index (χ4v) is 3.94. The number of aryl methyl sites for hydroxylation is 1. The lowest BCUT2D eigenvalue weighted by Gasteiger charge is -2.29. The van der Waals surface area contributed by atoms with Gasteiger partial charge in [0.15, 0.2) is 11.5 Å². The third-order valence-corrected chi connectivity index (χ3v) is 5.52. The van der Waals surface area contributed by atoms with E-state index in [0.717, 1.165) is 0 Å². The maximum absolute atomic E-state index is 13.8. The van der Waals surface area contributed by atoms with Crippen molar-refractivity contribution in [3.05, 3.63) is 52.8 Å². The molecule has 0 aliphatic carbocycles. The van der Waals surface area contributed by atoms with Gasteiger partial charge in [0.2, 0.25) is 18.0 Å². The number of fused-ring (bicyclic) bond motifs is 1. The van der Waals surface area contributed by atoms with E-state index in [0.29, 0.717) is 16.9 Å². The minimum Gasteiger partial charge on any atom is -0.493 e. The fourth-order valence-electron chi connectivity index (χ4n) is 3.94. The van der Waals surface area contributed by atoms with E-state index in [1.54, 1.807) is 31.2 Å². The Morgan fingerprint density at radius 2 is 1.97 bits per heavy atom. The Labute approximate surface area is 177 Å². The molecule has 2 amide bonds. The van der Waals surface area contributed by atoms with Crippen LogP contribution in [-0.4, -0.2) is 42.9 Å². The molecule has 0 aromatic heterocycles. The molecule has 0 unspecified atom stereocenters. The highest BCUT2D eigenvalue weighted by Gasteiger charge is 2.47. The van der Waals surface area contributed by atoms with Crippen LogP contribution in [-0.2, 0) is 14.3 Å². The van der Waals surface area contributed by atoms with Gasteiger partial charge in [0.05, 0.1) is 14.2 Å². The van der Waals surface area contributed by atoms with Crippen molar-refractivity contribution in [1.29, 1.82) is 0 Å². The lowest BCUT2D eigenvalue weighted by atomic mass is 10.0. The average Bonchev–Trinajstić information content (AvgIpc) is 3.29. The highest BCUT2D eigenvalue weighted by atomic mass is 19.1. The van der Waals surface area contributed by atoms with Crippen LogP contribution in [0.5, 0.6) is 11.5 Å². The van der Waals surface area contributed by atoms with Gasteiger partial charge in [-0.3, -0.25) is 14.5 Å². The third-order valence-electron chi connectivity index (χ3n) is 5.52. The van der Waals surface area contributed by atoms with Gasteiger partial charge in [0, 0.05) is 17.7 Å². The first kappa shape index (κ1) is 20.6. The number of esters is 1. The molecule has 2 aliphatic heterocycles. The van der Waals surface area contributed by atoms with Crippen molar-refractivity contribution in [2.45, 2.75) is 32.0 Å². The van der Waals surface area contributed by atoms with Crippen LogP contribution in [0.2, 0.25) is 0 Å². The molecule has 4 rings (SSSR count). The number of cyclic esters (lactones) is 1. The van der Waals surface area contributed by atoms with Crippen LogP contribution in [0.3, 0.4) is 0 Å². The lowest BCUT2D eigenvalue weighted by Crippen LogP contribution is -2.43. The number of anilines is 1. The second-order valence-electron chi connectivity index (χ2n) is 7.33. The molecule has 2 aliphatic rings. The zero-order valence-corrected chi connectivity index (χ0v) is 17.2. The quantitative estimate of drug-likeness (QED) is 0.736. The van der Waals surface area contributed by atoms with Gasteiger partial charge >= 0.3 is 5.97 Å². The van der Waals surface area contributed by atoms with Gasteiger partial charge in [-0.25, -0.2) is 9.18 Å². The van der Waals surface area contributed by atoms with E-state index in [1.165, 1.54) is 25.2 Å². The lowest BCUT2D eigenvalue weighted by molar-refractivity contribution is -0.144. The van der Waals surface area contributed by atoms with Gasteiger partial charge in [0.1, 0.15) is 17.4 Å². The number of carbonyl (C=O) groups excluding carboxylic acids is 3. The number of benzene rings is 2. The summed E-state index contributed by atoms with van der Waals surface area (Å²) in [6.45, 7) is 1.62. The van der Waals surface area contributed by atoms with Gasteiger partial charge in [-0.05, 0) is 43.2 Å². The molecule has 0 spiro atoms. The number of nitrogens with zero attached hydrogens (tertiary/aromatic N) is 1. The number of rotatable bonds is 5. The molecule has 0 bridgehead atoms. The van der Waals surface area contributed by atoms with E-state index >= 15 is 0 Å². The molecule has 2 heterocycles. The average molecular weight is 428 g/mol. The number of nitrogens with one attached hydrogen (secondary N) is 1. The Balaban J connectivity index is 1.64. The number of ether oxygens (including phenoxy) is 3. The van der Waals surface area contributed by atoms with E-state index in [2.05, 4.69) is 5.32 Å². The van der Waals surface area contributed by atoms with Crippen LogP contribution in [0.25, 0.3) is 0 Å². The molecule has 1 saturated heterocycles. The molecule has 0 saturated carbocycles. The van der Waals surface area contributed by atoms with Crippen molar-refractivity contribution >= 4 is 23.5 Å². The SMILES string of the molecule is COc1ccc2c(c1OC)C(=O)O[C@@H]2N1C(=O)CC[C@@H]1C(=O)Nc1ccc(C)c(F)c1. The largest absolute Gasteiger partial charge is 0.493 e. The van der Waals surface area contributed by atoms with Crippen molar-refractivity contribution in [1.82, 2.24) is 4.90 Å². The molecule has 8 nitrogen and oxygen atoms in total. The second kappa shape index (κ2) is 7.90. The number of methoxy groups -OCH3 is 2. The molecule has 1 fully saturated rings. The van der Waals surface area contributed by atoms with Crippen LogP contribution in [0.1, 0.15) is 40.6 Å². The molecular weight excluding hydrogens is 407 g/mol. The van der Waals surface area contributed by atoms with E-state index in [-0.39, 0.29) is 35.7 Å². The first-order valence-electron chi connectivity index (χ1n) is 9.69. The number of amides is 2. The highest BCUT2D eigenvalue weighted by molar-refractivity contribution is 6.01. The topological polar surface area (TPSA) is 94.2 Å². The summed E-state index contributed by atoms with van der Waals surface area (Å²) < 4.78 is 29.9. The summed E-state index contributed by atoms with van der Waals surface area (Å²) in [4.78, 5) is 39.4. The number of carbonyl (C=O) groups is 3. The van der Waals surface area contributed by atoms with E-state index < -0.39 is 30.0 Å². The van der Waals surface area contributed by atoms with Crippen molar-refractivity contribution < 1.29 is 33.0 Å². The summed E-state index contributed by atoms with van der Waals surface area (Å²) >= 11 is 0. The van der Waals surface area contributed by atoms with Gasteiger partial charge in [-0.15, -0.1) is 0 Å². The second-order valence-corrected chi connectivity index (χ2v) is 7.33. The van der Waals surface area contributed by atoms with Gasteiger partial charge in [-0.2, -0.15) is 0 Å². The Morgan fingerprint density at radius 1 is 1.19 bits per heavy atom. The van der Waals surface area contributed by atoms with Crippen LogP contribution in [0.4, 0.5) is 10.1 Å². The van der Waals surface area contributed by atoms with Gasteiger partial charge < -0.3 is 19.5 Å². The number of likely N-dealkylation sites (tertiary alicyclic amines) is 1. The van der Waals surface area contributed by atoms with Crippen molar-refractivity contribution in [2.24, 2.45) is 0 Å².